The fourth-order valence-electron chi connectivity index (χ4n) is 2.82. The number of hydrogen-bond donors (Lipinski definition) is 2. The largest absolute Gasteiger partial charge is 0.506 e. The van der Waals surface area contributed by atoms with E-state index in [1.807, 2.05) is 0 Å². The molecule has 1 aliphatic rings. The van der Waals surface area contributed by atoms with Crippen LogP contribution in [0, 0.1) is 0 Å². The van der Waals surface area contributed by atoms with Crippen LogP contribution in [0.3, 0.4) is 0 Å². The molecule has 6 heteroatoms. The van der Waals surface area contributed by atoms with Crippen molar-refractivity contribution < 1.29 is 14.7 Å². The number of nitrogens with zero attached hydrogens (tertiary/aromatic N) is 1. The summed E-state index contributed by atoms with van der Waals surface area (Å²) in [5, 5.41) is 12.2. The number of ketones is 1. The van der Waals surface area contributed by atoms with Crippen LogP contribution in [0.1, 0.15) is 49.0 Å². The zero-order valence-electron chi connectivity index (χ0n) is 13.7. The Balaban J connectivity index is 0.00000264. The summed E-state index contributed by atoms with van der Waals surface area (Å²) in [6, 6.07) is 3.29. The molecule has 2 N–H and O–H groups in total. The first-order valence-corrected chi connectivity index (χ1v) is 8.01. The molecular formula is C17H25ClN2O3. The number of fused-ring (bicyclic) bond motifs is 1. The second kappa shape index (κ2) is 8.89. The number of carbonyl (C=O) groups is 2. The number of halogens is 1. The number of unbranched alkanes of at least 4 members (excludes halogenated alkanes) is 1. The summed E-state index contributed by atoms with van der Waals surface area (Å²) in [6.07, 6.45) is 4.11. The number of rotatable bonds is 8. The molecule has 0 aliphatic carbocycles. The lowest BCUT2D eigenvalue weighted by Crippen LogP contribution is -2.28. The molecule has 0 aromatic heterocycles. The van der Waals surface area contributed by atoms with Gasteiger partial charge in [-0.05, 0) is 44.0 Å². The molecule has 1 amide bonds. The summed E-state index contributed by atoms with van der Waals surface area (Å²) in [5.74, 6) is -1.25. The SMILES string of the molecule is CCCCN(CCC)CCc1ccc(O)c2c1C(=O)C(=O)N2.Cl. The topological polar surface area (TPSA) is 69.6 Å². The lowest BCUT2D eigenvalue weighted by Gasteiger charge is -2.21. The molecule has 0 unspecified atom stereocenters. The molecule has 0 atom stereocenters. The summed E-state index contributed by atoms with van der Waals surface area (Å²) >= 11 is 0. The van der Waals surface area contributed by atoms with Gasteiger partial charge in [-0.15, -0.1) is 12.4 Å². The molecule has 0 saturated carbocycles. The third-order valence-corrected chi connectivity index (χ3v) is 4.01. The highest BCUT2D eigenvalue weighted by Crippen LogP contribution is 2.35. The summed E-state index contributed by atoms with van der Waals surface area (Å²) < 4.78 is 0. The highest BCUT2D eigenvalue weighted by molar-refractivity contribution is 6.52. The van der Waals surface area contributed by atoms with Gasteiger partial charge in [0.1, 0.15) is 5.75 Å². The number of phenolic OH excluding ortho intramolecular Hbond substituents is 1. The fourth-order valence-corrected chi connectivity index (χ4v) is 2.82. The van der Waals surface area contributed by atoms with Gasteiger partial charge in [0.05, 0.1) is 11.3 Å². The van der Waals surface area contributed by atoms with Crippen molar-refractivity contribution in [3.8, 4) is 5.75 Å². The summed E-state index contributed by atoms with van der Waals surface area (Å²) in [4.78, 5) is 25.9. The second-order valence-corrected chi connectivity index (χ2v) is 5.72. The summed E-state index contributed by atoms with van der Waals surface area (Å²) in [6.45, 7) is 7.27. The lowest BCUT2D eigenvalue weighted by molar-refractivity contribution is -0.112. The molecule has 1 aromatic carbocycles. The van der Waals surface area contributed by atoms with E-state index in [1.54, 1.807) is 12.1 Å². The normalized spacial score (nSPS) is 13.0. The van der Waals surface area contributed by atoms with Gasteiger partial charge in [-0.2, -0.15) is 0 Å². The number of phenols is 1. The smallest absolute Gasteiger partial charge is 0.296 e. The van der Waals surface area contributed by atoms with E-state index in [1.165, 1.54) is 0 Å². The predicted molar refractivity (Wildman–Crippen MR) is 93.7 cm³/mol. The maximum absolute atomic E-state index is 12.0. The first-order chi connectivity index (χ1) is 10.6. The van der Waals surface area contributed by atoms with Crippen molar-refractivity contribution >= 4 is 29.8 Å². The van der Waals surface area contributed by atoms with Crippen molar-refractivity contribution in [1.82, 2.24) is 4.90 Å². The Labute approximate surface area is 143 Å². The highest BCUT2D eigenvalue weighted by atomic mass is 35.5. The van der Waals surface area contributed by atoms with Crippen LogP contribution in [0.25, 0.3) is 0 Å². The number of amides is 1. The monoisotopic (exact) mass is 340 g/mol. The molecule has 1 aliphatic heterocycles. The predicted octanol–water partition coefficient (Wildman–Crippen LogP) is 3.00. The first kappa shape index (κ1) is 19.5. The van der Waals surface area contributed by atoms with Crippen molar-refractivity contribution in [3.05, 3.63) is 23.3 Å². The van der Waals surface area contributed by atoms with Crippen LogP contribution < -0.4 is 5.32 Å². The van der Waals surface area contributed by atoms with Gasteiger partial charge >= 0.3 is 0 Å². The Morgan fingerprint density at radius 2 is 1.83 bits per heavy atom. The number of aromatic hydroxyl groups is 1. The van der Waals surface area contributed by atoms with Gasteiger partial charge in [0.15, 0.2) is 0 Å². The Kier molecular flexibility index (Phi) is 7.52. The second-order valence-electron chi connectivity index (χ2n) is 5.72. The van der Waals surface area contributed by atoms with Crippen LogP contribution in [0.4, 0.5) is 5.69 Å². The maximum Gasteiger partial charge on any atom is 0.296 e. The Morgan fingerprint density at radius 1 is 1.09 bits per heavy atom. The number of Topliss-reactive ketones (excluding diaryl/α,β-unsaturated/α-hetero) is 1. The number of nitrogens with one attached hydrogen (secondary N) is 1. The number of carbonyl (C=O) groups excluding carboxylic acids is 2. The van der Waals surface area contributed by atoms with Crippen molar-refractivity contribution in [2.24, 2.45) is 0 Å². The van der Waals surface area contributed by atoms with Gasteiger partial charge in [0.2, 0.25) is 0 Å². The van der Waals surface area contributed by atoms with Crippen LogP contribution in [0.5, 0.6) is 5.75 Å². The summed E-state index contributed by atoms with van der Waals surface area (Å²) in [5.41, 5.74) is 1.44. The average molecular weight is 341 g/mol. The third kappa shape index (κ3) is 4.45. The minimum Gasteiger partial charge on any atom is -0.506 e. The van der Waals surface area contributed by atoms with Crippen LogP contribution >= 0.6 is 12.4 Å². The molecule has 1 heterocycles. The van der Waals surface area contributed by atoms with Gasteiger partial charge < -0.3 is 15.3 Å². The Morgan fingerprint density at radius 3 is 2.48 bits per heavy atom. The minimum absolute atomic E-state index is 0. The molecular weight excluding hydrogens is 316 g/mol. The summed E-state index contributed by atoms with van der Waals surface area (Å²) in [7, 11) is 0. The molecule has 0 fully saturated rings. The third-order valence-electron chi connectivity index (χ3n) is 4.01. The van der Waals surface area contributed by atoms with E-state index in [9.17, 15) is 14.7 Å². The number of anilines is 1. The molecule has 128 valence electrons. The maximum atomic E-state index is 12.0. The van der Waals surface area contributed by atoms with Crippen molar-refractivity contribution in [1.29, 1.82) is 0 Å². The van der Waals surface area contributed by atoms with Crippen LogP contribution in [-0.4, -0.2) is 41.3 Å². The van der Waals surface area contributed by atoms with Crippen molar-refractivity contribution in [2.75, 3.05) is 25.0 Å². The zero-order valence-corrected chi connectivity index (χ0v) is 14.5. The Bertz CT molecular complexity index is 575. The van der Waals surface area contributed by atoms with E-state index in [4.69, 9.17) is 0 Å². The molecule has 2 rings (SSSR count). The lowest BCUT2D eigenvalue weighted by atomic mass is 10.0. The molecule has 0 bridgehead atoms. The highest BCUT2D eigenvalue weighted by Gasteiger charge is 2.32. The van der Waals surface area contributed by atoms with Crippen LogP contribution in [-0.2, 0) is 11.2 Å². The van der Waals surface area contributed by atoms with E-state index in [-0.39, 0.29) is 23.8 Å². The average Bonchev–Trinajstić information content (AvgIpc) is 2.81. The van der Waals surface area contributed by atoms with Crippen molar-refractivity contribution in [2.45, 2.75) is 39.5 Å². The Hall–Kier alpha value is -1.59. The standard InChI is InChI=1S/C17H24N2O3.ClH/c1-3-5-10-19(9-4-2)11-8-12-6-7-13(20)15-14(12)16(21)17(22)18-15;/h6-7,20H,3-5,8-11H2,1-2H3,(H,18,21,22);1H. The quantitative estimate of drug-likeness (QED) is 0.564. The van der Waals surface area contributed by atoms with E-state index in [2.05, 4.69) is 24.1 Å². The van der Waals surface area contributed by atoms with Gasteiger partial charge in [0, 0.05) is 6.54 Å². The van der Waals surface area contributed by atoms with Crippen molar-refractivity contribution in [3.63, 3.8) is 0 Å². The number of benzene rings is 1. The van der Waals surface area contributed by atoms with Crippen LogP contribution in [0.2, 0.25) is 0 Å². The van der Waals surface area contributed by atoms with Gasteiger partial charge in [-0.1, -0.05) is 26.3 Å². The zero-order chi connectivity index (χ0) is 16.1. The van der Waals surface area contributed by atoms with E-state index in [0.29, 0.717) is 12.0 Å². The minimum atomic E-state index is -0.658. The molecule has 0 radical (unpaired) electrons. The molecule has 1 aromatic rings. The van der Waals surface area contributed by atoms with E-state index < -0.39 is 11.7 Å². The molecule has 5 nitrogen and oxygen atoms in total. The fraction of sp³-hybridized carbons (Fsp3) is 0.529. The van der Waals surface area contributed by atoms with E-state index >= 15 is 0 Å². The number of hydrogen-bond acceptors (Lipinski definition) is 4. The first-order valence-electron chi connectivity index (χ1n) is 8.01. The molecule has 23 heavy (non-hydrogen) atoms. The van der Waals surface area contributed by atoms with E-state index in [0.717, 1.165) is 44.5 Å². The van der Waals surface area contributed by atoms with Gasteiger partial charge in [-0.25, -0.2) is 0 Å². The molecule has 0 spiro atoms. The van der Waals surface area contributed by atoms with Gasteiger partial charge in [-0.3, -0.25) is 9.59 Å². The molecule has 0 saturated heterocycles. The van der Waals surface area contributed by atoms with Gasteiger partial charge in [0.25, 0.3) is 11.7 Å². The van der Waals surface area contributed by atoms with Crippen LogP contribution in [0.15, 0.2) is 12.1 Å².